The van der Waals surface area contributed by atoms with Gasteiger partial charge in [0.1, 0.15) is 6.20 Å². The van der Waals surface area contributed by atoms with E-state index in [0.29, 0.717) is 0 Å². The highest BCUT2D eigenvalue weighted by Crippen LogP contribution is 2.19. The summed E-state index contributed by atoms with van der Waals surface area (Å²) in [5.74, 6) is 0. The van der Waals surface area contributed by atoms with Crippen molar-refractivity contribution in [3.05, 3.63) is 36.5 Å². The molecule has 3 nitrogen and oxygen atoms in total. The molecule has 0 bridgehead atoms. The maximum atomic E-state index is 4.09. The van der Waals surface area contributed by atoms with Gasteiger partial charge in [-0.05, 0) is 18.6 Å². The van der Waals surface area contributed by atoms with E-state index < -0.39 is 0 Å². The van der Waals surface area contributed by atoms with Gasteiger partial charge in [0.25, 0.3) is 0 Å². The second-order valence-electron chi connectivity index (χ2n) is 3.60. The molecule has 0 fully saturated rings. The minimum Gasteiger partial charge on any atom is -0.264 e. The third kappa shape index (κ3) is 1.41. The predicted molar refractivity (Wildman–Crippen MR) is 54.6 cm³/mol. The van der Waals surface area contributed by atoms with Gasteiger partial charge in [0.05, 0.1) is 14.1 Å². The Morgan fingerprint density at radius 2 is 2.21 bits per heavy atom. The maximum absolute atomic E-state index is 4.09. The van der Waals surface area contributed by atoms with E-state index in [1.54, 1.807) is 0 Å². The zero-order valence-corrected chi connectivity index (χ0v) is 8.73. The van der Waals surface area contributed by atoms with E-state index >= 15 is 0 Å². The van der Waals surface area contributed by atoms with Crippen molar-refractivity contribution >= 4 is 0 Å². The van der Waals surface area contributed by atoms with Crippen LogP contribution in [0.4, 0.5) is 0 Å². The topological polar surface area (TPSA) is 21.7 Å². The molecule has 0 saturated heterocycles. The summed E-state index contributed by atoms with van der Waals surface area (Å²) in [5, 5.41) is 0. The Balaban J connectivity index is 2.60. The summed E-state index contributed by atoms with van der Waals surface area (Å²) in [6.45, 7) is 2.08. The molecule has 0 radical (unpaired) electrons. The minimum atomic E-state index is 1.20. The van der Waals surface area contributed by atoms with E-state index in [4.69, 9.17) is 0 Å². The Labute approximate surface area is 83.7 Å². The first-order valence-electron chi connectivity index (χ1n) is 4.61. The molecule has 0 aromatic carbocycles. The van der Waals surface area contributed by atoms with Crippen molar-refractivity contribution < 1.29 is 4.57 Å². The number of rotatable bonds is 1. The molecule has 72 valence electrons. The lowest BCUT2D eigenvalue weighted by molar-refractivity contribution is -0.670. The summed E-state index contributed by atoms with van der Waals surface area (Å²) < 4.78 is 4.16. The molecule has 2 aromatic heterocycles. The zero-order chi connectivity index (χ0) is 10.1. The standard InChI is InChI=1S/C11H14N3/c1-9-6-12-5-4-10(9)11-7-13(2)8-14(11)3/h4-8H,1-3H3/q+1. The Hall–Kier alpha value is -1.64. The van der Waals surface area contributed by atoms with Gasteiger partial charge in [-0.25, -0.2) is 9.13 Å². The first kappa shape index (κ1) is 8.94. The molecular weight excluding hydrogens is 174 g/mol. The van der Waals surface area contributed by atoms with Crippen molar-refractivity contribution in [1.29, 1.82) is 0 Å². The van der Waals surface area contributed by atoms with E-state index in [2.05, 4.69) is 40.6 Å². The van der Waals surface area contributed by atoms with Crippen molar-refractivity contribution in [2.45, 2.75) is 6.92 Å². The minimum absolute atomic E-state index is 1.20. The number of imidazole rings is 1. The van der Waals surface area contributed by atoms with Crippen LogP contribution in [0.3, 0.4) is 0 Å². The molecule has 14 heavy (non-hydrogen) atoms. The van der Waals surface area contributed by atoms with E-state index in [0.717, 1.165) is 0 Å². The summed E-state index contributed by atoms with van der Waals surface area (Å²) in [6, 6.07) is 2.05. The molecular formula is C11H14N3+. The molecule has 2 rings (SSSR count). The quantitative estimate of drug-likeness (QED) is 0.617. The Morgan fingerprint density at radius 1 is 1.43 bits per heavy atom. The van der Waals surface area contributed by atoms with Crippen LogP contribution in [0, 0.1) is 6.92 Å². The molecule has 0 aliphatic carbocycles. The van der Waals surface area contributed by atoms with Crippen LogP contribution in [0.15, 0.2) is 31.0 Å². The lowest BCUT2D eigenvalue weighted by Crippen LogP contribution is -2.23. The molecule has 2 heterocycles. The number of hydrogen-bond acceptors (Lipinski definition) is 1. The molecule has 0 aliphatic rings. The molecule has 0 amide bonds. The number of nitrogens with zero attached hydrogens (tertiary/aromatic N) is 3. The van der Waals surface area contributed by atoms with Crippen LogP contribution in [0.25, 0.3) is 11.3 Å². The molecule has 2 aromatic rings. The van der Waals surface area contributed by atoms with Crippen LogP contribution in [0.5, 0.6) is 0 Å². The summed E-state index contributed by atoms with van der Waals surface area (Å²) in [7, 11) is 4.08. The van der Waals surface area contributed by atoms with E-state index in [1.165, 1.54) is 16.8 Å². The van der Waals surface area contributed by atoms with Crippen molar-refractivity contribution in [3.63, 3.8) is 0 Å². The van der Waals surface area contributed by atoms with Gasteiger partial charge >= 0.3 is 0 Å². The van der Waals surface area contributed by atoms with Crippen LogP contribution in [0.1, 0.15) is 5.56 Å². The van der Waals surface area contributed by atoms with Crippen LogP contribution in [-0.2, 0) is 14.1 Å². The van der Waals surface area contributed by atoms with Crippen LogP contribution < -0.4 is 4.57 Å². The first-order chi connectivity index (χ1) is 6.68. The Bertz CT molecular complexity index is 457. The van der Waals surface area contributed by atoms with E-state index in [-0.39, 0.29) is 0 Å². The normalized spacial score (nSPS) is 10.5. The summed E-state index contributed by atoms with van der Waals surface area (Å²) >= 11 is 0. The number of hydrogen-bond donors (Lipinski definition) is 0. The molecule has 0 N–H and O–H groups in total. The zero-order valence-electron chi connectivity index (χ0n) is 8.73. The average molecular weight is 188 g/mol. The fraction of sp³-hybridized carbons (Fsp3) is 0.273. The Morgan fingerprint density at radius 3 is 2.79 bits per heavy atom. The maximum Gasteiger partial charge on any atom is 0.243 e. The van der Waals surface area contributed by atoms with E-state index in [9.17, 15) is 0 Å². The van der Waals surface area contributed by atoms with Gasteiger partial charge in [-0.15, -0.1) is 0 Å². The third-order valence-corrected chi connectivity index (χ3v) is 2.36. The fourth-order valence-electron chi connectivity index (χ4n) is 1.67. The van der Waals surface area contributed by atoms with Crippen LogP contribution in [-0.4, -0.2) is 9.55 Å². The largest absolute Gasteiger partial charge is 0.264 e. The van der Waals surface area contributed by atoms with Gasteiger partial charge in [-0.3, -0.25) is 4.98 Å². The summed E-state index contributed by atoms with van der Waals surface area (Å²) in [4.78, 5) is 4.09. The second kappa shape index (κ2) is 3.25. The van der Waals surface area contributed by atoms with Gasteiger partial charge in [-0.2, -0.15) is 0 Å². The number of aryl methyl sites for hydroxylation is 3. The van der Waals surface area contributed by atoms with Gasteiger partial charge in [0, 0.05) is 18.0 Å². The molecule has 0 atom stereocenters. The molecule has 0 spiro atoms. The van der Waals surface area contributed by atoms with Crippen molar-refractivity contribution in [2.75, 3.05) is 0 Å². The highest BCUT2D eigenvalue weighted by atomic mass is 15.1. The monoisotopic (exact) mass is 188 g/mol. The average Bonchev–Trinajstić information content (AvgIpc) is 2.46. The molecule has 0 aliphatic heterocycles. The van der Waals surface area contributed by atoms with Crippen molar-refractivity contribution in [1.82, 2.24) is 9.55 Å². The van der Waals surface area contributed by atoms with Gasteiger partial charge in [0.15, 0.2) is 5.69 Å². The van der Waals surface area contributed by atoms with Crippen LogP contribution >= 0.6 is 0 Å². The number of pyridine rings is 1. The smallest absolute Gasteiger partial charge is 0.243 e. The summed E-state index contributed by atoms with van der Waals surface area (Å²) in [6.07, 6.45) is 7.88. The molecule has 3 heteroatoms. The second-order valence-corrected chi connectivity index (χ2v) is 3.60. The summed E-state index contributed by atoms with van der Waals surface area (Å²) in [5.41, 5.74) is 3.66. The van der Waals surface area contributed by atoms with E-state index in [1.807, 2.05) is 25.5 Å². The van der Waals surface area contributed by atoms with Crippen molar-refractivity contribution in [3.8, 4) is 11.3 Å². The highest BCUT2D eigenvalue weighted by molar-refractivity contribution is 5.61. The first-order valence-corrected chi connectivity index (χ1v) is 4.61. The van der Waals surface area contributed by atoms with Gasteiger partial charge in [-0.1, -0.05) is 0 Å². The lowest BCUT2D eigenvalue weighted by Gasteiger charge is -1.99. The lowest BCUT2D eigenvalue weighted by atomic mass is 10.1. The molecule has 0 unspecified atom stereocenters. The third-order valence-electron chi connectivity index (χ3n) is 2.36. The predicted octanol–water partition coefficient (Wildman–Crippen LogP) is 1.22. The fourth-order valence-corrected chi connectivity index (χ4v) is 1.67. The number of aromatic nitrogens is 3. The van der Waals surface area contributed by atoms with Crippen molar-refractivity contribution in [2.24, 2.45) is 14.1 Å². The van der Waals surface area contributed by atoms with Crippen LogP contribution in [0.2, 0.25) is 0 Å². The van der Waals surface area contributed by atoms with Gasteiger partial charge < -0.3 is 0 Å². The molecule has 0 saturated carbocycles. The highest BCUT2D eigenvalue weighted by Gasteiger charge is 2.11. The Kier molecular flexibility index (Phi) is 2.08. The van der Waals surface area contributed by atoms with Gasteiger partial charge in [0.2, 0.25) is 6.33 Å². The SMILES string of the molecule is Cc1cnccc1-c1c[n+](C)cn1C.